The molecule has 0 heterocycles. The van der Waals surface area contributed by atoms with E-state index >= 15 is 0 Å². The third kappa shape index (κ3) is 3.33. The third-order valence-electron chi connectivity index (χ3n) is 3.56. The van der Waals surface area contributed by atoms with Gasteiger partial charge in [0.05, 0.1) is 7.11 Å². The quantitative estimate of drug-likeness (QED) is 0.788. The fraction of sp³-hybridized carbons (Fsp3) is 0.294. The lowest BCUT2D eigenvalue weighted by atomic mass is 9.97. The van der Waals surface area contributed by atoms with Gasteiger partial charge in [0, 0.05) is 9.61 Å². The number of halogens is 1. The molecule has 2 aromatic carbocycles. The summed E-state index contributed by atoms with van der Waals surface area (Å²) in [5, 5.41) is 3.43. The molecule has 2 nitrogen and oxygen atoms in total. The van der Waals surface area contributed by atoms with Gasteiger partial charge >= 0.3 is 0 Å². The van der Waals surface area contributed by atoms with Gasteiger partial charge in [-0.2, -0.15) is 0 Å². The molecule has 0 aromatic heterocycles. The van der Waals surface area contributed by atoms with Crippen LogP contribution >= 0.6 is 22.6 Å². The predicted molar refractivity (Wildman–Crippen MR) is 92.4 cm³/mol. The van der Waals surface area contributed by atoms with Crippen LogP contribution in [0.4, 0.5) is 0 Å². The van der Waals surface area contributed by atoms with E-state index in [4.69, 9.17) is 4.74 Å². The number of hydrogen-bond acceptors (Lipinski definition) is 2. The van der Waals surface area contributed by atoms with E-state index in [2.05, 4.69) is 65.2 Å². The summed E-state index contributed by atoms with van der Waals surface area (Å²) in [5.74, 6) is 0.954. The number of methoxy groups -OCH3 is 1. The molecule has 0 radical (unpaired) electrons. The molecule has 2 aromatic rings. The van der Waals surface area contributed by atoms with Gasteiger partial charge < -0.3 is 10.1 Å². The second-order valence-corrected chi connectivity index (χ2v) is 5.91. The number of likely N-dealkylation sites (N-methyl/N-ethyl adjacent to an activating group) is 1. The Balaban J connectivity index is 2.31. The SMILES string of the molecule is CNC(Cc1ccccc1OC)c1cccc(C)c1I. The third-order valence-corrected chi connectivity index (χ3v) is 5.04. The Morgan fingerprint density at radius 3 is 2.60 bits per heavy atom. The van der Waals surface area contributed by atoms with E-state index < -0.39 is 0 Å². The van der Waals surface area contributed by atoms with Crippen LogP contribution < -0.4 is 10.1 Å². The van der Waals surface area contributed by atoms with Gasteiger partial charge in [-0.3, -0.25) is 0 Å². The Labute approximate surface area is 134 Å². The van der Waals surface area contributed by atoms with Crippen LogP contribution in [-0.4, -0.2) is 14.2 Å². The topological polar surface area (TPSA) is 21.3 Å². The van der Waals surface area contributed by atoms with E-state index in [0.29, 0.717) is 0 Å². The highest BCUT2D eigenvalue weighted by atomic mass is 127. The van der Waals surface area contributed by atoms with Crippen molar-refractivity contribution in [3.63, 3.8) is 0 Å². The summed E-state index contributed by atoms with van der Waals surface area (Å²) in [5.41, 5.74) is 3.90. The molecule has 20 heavy (non-hydrogen) atoms. The van der Waals surface area contributed by atoms with Gasteiger partial charge in [0.25, 0.3) is 0 Å². The van der Waals surface area contributed by atoms with Gasteiger partial charge in [-0.1, -0.05) is 36.4 Å². The van der Waals surface area contributed by atoms with Crippen molar-refractivity contribution in [3.8, 4) is 5.75 Å². The van der Waals surface area contributed by atoms with Gasteiger partial charge in [-0.25, -0.2) is 0 Å². The van der Waals surface area contributed by atoms with Gasteiger partial charge in [0.2, 0.25) is 0 Å². The molecule has 0 bridgehead atoms. The van der Waals surface area contributed by atoms with Crippen LogP contribution in [-0.2, 0) is 6.42 Å². The second-order valence-electron chi connectivity index (χ2n) is 4.84. The maximum Gasteiger partial charge on any atom is 0.122 e. The van der Waals surface area contributed by atoms with Crippen LogP contribution in [0.5, 0.6) is 5.75 Å². The van der Waals surface area contributed by atoms with E-state index in [1.807, 2.05) is 19.2 Å². The molecule has 1 atom stereocenters. The molecule has 0 saturated heterocycles. The number of benzene rings is 2. The number of rotatable bonds is 5. The monoisotopic (exact) mass is 381 g/mol. The second kappa shape index (κ2) is 7.09. The molecule has 1 unspecified atom stereocenters. The smallest absolute Gasteiger partial charge is 0.122 e. The van der Waals surface area contributed by atoms with E-state index in [0.717, 1.165) is 12.2 Å². The summed E-state index contributed by atoms with van der Waals surface area (Å²) in [4.78, 5) is 0. The minimum Gasteiger partial charge on any atom is -0.496 e. The highest BCUT2D eigenvalue weighted by molar-refractivity contribution is 14.1. The Morgan fingerprint density at radius 2 is 1.90 bits per heavy atom. The molecule has 0 aliphatic rings. The highest BCUT2D eigenvalue weighted by Crippen LogP contribution is 2.28. The normalized spacial score (nSPS) is 12.2. The lowest BCUT2D eigenvalue weighted by Gasteiger charge is -2.20. The molecule has 0 amide bonds. The van der Waals surface area contributed by atoms with Crippen molar-refractivity contribution < 1.29 is 4.74 Å². The highest BCUT2D eigenvalue weighted by Gasteiger charge is 2.16. The Kier molecular flexibility index (Phi) is 5.43. The van der Waals surface area contributed by atoms with Crippen molar-refractivity contribution in [3.05, 3.63) is 62.7 Å². The van der Waals surface area contributed by atoms with Gasteiger partial charge in [-0.05, 0) is 65.7 Å². The molecule has 0 spiro atoms. The number of nitrogens with one attached hydrogen (secondary N) is 1. The van der Waals surface area contributed by atoms with Gasteiger partial charge in [-0.15, -0.1) is 0 Å². The minimum absolute atomic E-state index is 0.290. The largest absolute Gasteiger partial charge is 0.496 e. The molecule has 1 N–H and O–H groups in total. The van der Waals surface area contributed by atoms with Crippen molar-refractivity contribution in [2.24, 2.45) is 0 Å². The van der Waals surface area contributed by atoms with Crippen molar-refractivity contribution in [2.75, 3.05) is 14.2 Å². The zero-order valence-corrected chi connectivity index (χ0v) is 14.3. The fourth-order valence-electron chi connectivity index (χ4n) is 2.40. The Bertz CT molecular complexity index is 583. The van der Waals surface area contributed by atoms with Crippen LogP contribution in [0, 0.1) is 10.5 Å². The van der Waals surface area contributed by atoms with Gasteiger partial charge in [0.15, 0.2) is 0 Å². The Morgan fingerprint density at radius 1 is 1.15 bits per heavy atom. The maximum atomic E-state index is 5.45. The number of aryl methyl sites for hydroxylation is 1. The molecule has 0 saturated carbocycles. The van der Waals surface area contributed by atoms with Crippen LogP contribution in [0.2, 0.25) is 0 Å². The summed E-state index contributed by atoms with van der Waals surface area (Å²) in [6.07, 6.45) is 0.917. The van der Waals surface area contributed by atoms with E-state index in [9.17, 15) is 0 Å². The van der Waals surface area contributed by atoms with Crippen LogP contribution in [0.25, 0.3) is 0 Å². The summed E-state index contributed by atoms with van der Waals surface area (Å²) in [6.45, 7) is 2.15. The molecule has 2 rings (SSSR count). The zero-order valence-electron chi connectivity index (χ0n) is 12.1. The van der Waals surface area contributed by atoms with Crippen LogP contribution in [0.1, 0.15) is 22.7 Å². The molecule has 106 valence electrons. The summed E-state index contributed by atoms with van der Waals surface area (Å²) in [6, 6.07) is 15.0. The van der Waals surface area contributed by atoms with Gasteiger partial charge in [0.1, 0.15) is 5.75 Å². The van der Waals surface area contributed by atoms with Crippen molar-refractivity contribution in [2.45, 2.75) is 19.4 Å². The predicted octanol–water partition coefficient (Wildman–Crippen LogP) is 4.11. The van der Waals surface area contributed by atoms with E-state index in [-0.39, 0.29) is 6.04 Å². The summed E-state index contributed by atoms with van der Waals surface area (Å²) in [7, 11) is 3.74. The fourth-order valence-corrected chi connectivity index (χ4v) is 3.13. The number of ether oxygens (including phenoxy) is 1. The first-order valence-electron chi connectivity index (χ1n) is 6.71. The van der Waals surface area contributed by atoms with E-state index in [1.165, 1.54) is 20.3 Å². The molecule has 0 aliphatic carbocycles. The van der Waals surface area contributed by atoms with Crippen LogP contribution in [0.15, 0.2) is 42.5 Å². The lowest BCUT2D eigenvalue weighted by Crippen LogP contribution is -2.20. The van der Waals surface area contributed by atoms with Crippen molar-refractivity contribution >= 4 is 22.6 Å². The molecular formula is C17H20INO. The minimum atomic E-state index is 0.290. The summed E-state index contributed by atoms with van der Waals surface area (Å²) >= 11 is 2.43. The van der Waals surface area contributed by atoms with Crippen molar-refractivity contribution in [1.82, 2.24) is 5.32 Å². The molecule has 0 fully saturated rings. The lowest BCUT2D eigenvalue weighted by molar-refractivity contribution is 0.406. The molecule has 3 heteroatoms. The van der Waals surface area contributed by atoms with Crippen molar-refractivity contribution in [1.29, 1.82) is 0 Å². The first-order valence-corrected chi connectivity index (χ1v) is 7.79. The standard InChI is InChI=1S/C17H20INO/c1-12-7-6-9-14(17(12)18)15(19-2)11-13-8-4-5-10-16(13)20-3/h4-10,15,19H,11H2,1-3H3. The maximum absolute atomic E-state index is 5.45. The average Bonchev–Trinajstić information content (AvgIpc) is 2.48. The molecular weight excluding hydrogens is 361 g/mol. The average molecular weight is 381 g/mol. The first-order chi connectivity index (χ1) is 9.67. The number of hydrogen-bond donors (Lipinski definition) is 1. The first kappa shape index (κ1) is 15.3. The number of para-hydroxylation sites is 1. The van der Waals surface area contributed by atoms with E-state index in [1.54, 1.807) is 7.11 Å². The Hall–Kier alpha value is -1.07. The summed E-state index contributed by atoms with van der Waals surface area (Å²) < 4.78 is 6.78. The molecule has 0 aliphatic heterocycles. The van der Waals surface area contributed by atoms with Crippen LogP contribution in [0.3, 0.4) is 0 Å². The zero-order chi connectivity index (χ0) is 14.5.